The smallest absolute Gasteiger partial charge is 0.137 e. The summed E-state index contributed by atoms with van der Waals surface area (Å²) in [5.74, 6) is 0.447. The zero-order valence-corrected chi connectivity index (χ0v) is 7.92. The minimum absolute atomic E-state index is 0.283. The van der Waals surface area contributed by atoms with E-state index in [2.05, 4.69) is 0 Å². The molecule has 1 aromatic heterocycles. The highest BCUT2D eigenvalue weighted by Gasteiger charge is 2.04. The van der Waals surface area contributed by atoms with Crippen molar-refractivity contribution in [1.82, 2.24) is 0 Å². The molecule has 0 spiro atoms. The van der Waals surface area contributed by atoms with Crippen molar-refractivity contribution in [3.63, 3.8) is 0 Å². The molecule has 0 saturated heterocycles. The van der Waals surface area contributed by atoms with Crippen LogP contribution in [0, 0.1) is 5.82 Å². The number of rotatable bonds is 3. The zero-order valence-electron chi connectivity index (χ0n) is 7.92. The van der Waals surface area contributed by atoms with Crippen molar-refractivity contribution in [3.05, 3.63) is 35.8 Å². The number of fused-ring (bicyclic) bond motifs is 1. The summed E-state index contributed by atoms with van der Waals surface area (Å²) >= 11 is 0. The largest absolute Gasteiger partial charge is 0.459 e. The molecule has 1 aromatic carbocycles. The van der Waals surface area contributed by atoms with Crippen LogP contribution in [0.25, 0.3) is 11.0 Å². The third kappa shape index (κ3) is 1.77. The van der Waals surface area contributed by atoms with Crippen LogP contribution in [0.5, 0.6) is 0 Å². The average Bonchev–Trinajstić information content (AvgIpc) is 2.56. The lowest BCUT2D eigenvalue weighted by atomic mass is 10.2. The highest BCUT2D eigenvalue weighted by atomic mass is 19.1. The second-order valence-corrected chi connectivity index (χ2v) is 3.03. The van der Waals surface area contributed by atoms with Gasteiger partial charge in [-0.3, -0.25) is 0 Å². The standard InChI is InChI=1S/C11H11FO2/c1-2-13-7-10-5-8-3-4-9(12)6-11(8)14-10/h3-6H,2,7H2,1H3. The van der Waals surface area contributed by atoms with E-state index in [4.69, 9.17) is 9.15 Å². The molecule has 14 heavy (non-hydrogen) atoms. The van der Waals surface area contributed by atoms with Gasteiger partial charge in [0, 0.05) is 18.1 Å². The number of halogens is 1. The topological polar surface area (TPSA) is 22.4 Å². The molecule has 0 amide bonds. The fourth-order valence-corrected chi connectivity index (χ4v) is 1.33. The summed E-state index contributed by atoms with van der Waals surface area (Å²) in [7, 11) is 0. The molecule has 0 unspecified atom stereocenters. The molecular weight excluding hydrogens is 183 g/mol. The molecule has 0 bridgehead atoms. The van der Waals surface area contributed by atoms with Gasteiger partial charge in [-0.05, 0) is 25.1 Å². The minimum atomic E-state index is -0.283. The lowest BCUT2D eigenvalue weighted by Gasteiger charge is -1.94. The van der Waals surface area contributed by atoms with Crippen LogP contribution in [0.2, 0.25) is 0 Å². The van der Waals surface area contributed by atoms with E-state index in [1.165, 1.54) is 12.1 Å². The summed E-state index contributed by atoms with van der Waals surface area (Å²) in [6.45, 7) is 3.00. The Kier molecular flexibility index (Phi) is 2.50. The monoisotopic (exact) mass is 194 g/mol. The van der Waals surface area contributed by atoms with E-state index < -0.39 is 0 Å². The second kappa shape index (κ2) is 3.80. The van der Waals surface area contributed by atoms with Crippen LogP contribution in [0.3, 0.4) is 0 Å². The van der Waals surface area contributed by atoms with Gasteiger partial charge in [-0.2, -0.15) is 0 Å². The molecule has 0 N–H and O–H groups in total. The third-order valence-electron chi connectivity index (χ3n) is 1.98. The van der Waals surface area contributed by atoms with Gasteiger partial charge in [0.05, 0.1) is 0 Å². The molecule has 0 aliphatic carbocycles. The van der Waals surface area contributed by atoms with Crippen molar-refractivity contribution in [3.8, 4) is 0 Å². The Labute approximate surface area is 81.3 Å². The van der Waals surface area contributed by atoms with Crippen LogP contribution in [0.4, 0.5) is 4.39 Å². The molecule has 0 aliphatic rings. The van der Waals surface area contributed by atoms with Gasteiger partial charge in [0.1, 0.15) is 23.8 Å². The van der Waals surface area contributed by atoms with Crippen LogP contribution in [0.1, 0.15) is 12.7 Å². The van der Waals surface area contributed by atoms with Gasteiger partial charge in [0.15, 0.2) is 0 Å². The van der Waals surface area contributed by atoms with E-state index in [0.29, 0.717) is 18.8 Å². The molecule has 0 radical (unpaired) electrons. The van der Waals surface area contributed by atoms with Gasteiger partial charge in [-0.15, -0.1) is 0 Å². The lowest BCUT2D eigenvalue weighted by Crippen LogP contribution is -1.88. The number of ether oxygens (including phenoxy) is 1. The van der Waals surface area contributed by atoms with E-state index >= 15 is 0 Å². The summed E-state index contributed by atoms with van der Waals surface area (Å²) in [5.41, 5.74) is 0.569. The van der Waals surface area contributed by atoms with Crippen molar-refractivity contribution >= 4 is 11.0 Å². The normalized spacial score (nSPS) is 11.0. The van der Waals surface area contributed by atoms with Crippen LogP contribution >= 0.6 is 0 Å². The van der Waals surface area contributed by atoms with Crippen molar-refractivity contribution in [2.75, 3.05) is 6.61 Å². The van der Waals surface area contributed by atoms with Gasteiger partial charge in [0.2, 0.25) is 0 Å². The Balaban J connectivity index is 2.32. The second-order valence-electron chi connectivity index (χ2n) is 3.03. The molecule has 0 atom stereocenters. The molecule has 2 nitrogen and oxygen atoms in total. The van der Waals surface area contributed by atoms with Crippen molar-refractivity contribution in [2.45, 2.75) is 13.5 Å². The number of furan rings is 1. The Morgan fingerprint density at radius 1 is 1.36 bits per heavy atom. The Morgan fingerprint density at radius 2 is 2.21 bits per heavy atom. The predicted octanol–water partition coefficient (Wildman–Crippen LogP) is 3.11. The Bertz CT molecular complexity index is 434. The van der Waals surface area contributed by atoms with Gasteiger partial charge in [0.25, 0.3) is 0 Å². The number of benzene rings is 1. The zero-order chi connectivity index (χ0) is 9.97. The van der Waals surface area contributed by atoms with Crippen LogP contribution < -0.4 is 0 Å². The maximum absolute atomic E-state index is 12.8. The van der Waals surface area contributed by atoms with Crippen molar-refractivity contribution in [1.29, 1.82) is 0 Å². The van der Waals surface area contributed by atoms with Crippen molar-refractivity contribution < 1.29 is 13.5 Å². The van der Waals surface area contributed by atoms with Crippen LogP contribution in [0.15, 0.2) is 28.7 Å². The maximum atomic E-state index is 12.8. The van der Waals surface area contributed by atoms with Gasteiger partial charge in [-0.25, -0.2) is 4.39 Å². The van der Waals surface area contributed by atoms with E-state index in [9.17, 15) is 4.39 Å². The van der Waals surface area contributed by atoms with E-state index in [-0.39, 0.29) is 5.82 Å². The number of hydrogen-bond acceptors (Lipinski definition) is 2. The lowest BCUT2D eigenvalue weighted by molar-refractivity contribution is 0.119. The first kappa shape index (κ1) is 9.21. The highest BCUT2D eigenvalue weighted by molar-refractivity contribution is 5.77. The van der Waals surface area contributed by atoms with E-state index in [1.807, 2.05) is 13.0 Å². The minimum Gasteiger partial charge on any atom is -0.459 e. The molecule has 0 fully saturated rings. The fourth-order valence-electron chi connectivity index (χ4n) is 1.33. The average molecular weight is 194 g/mol. The quantitative estimate of drug-likeness (QED) is 0.749. The molecule has 0 aliphatic heterocycles. The summed E-state index contributed by atoms with van der Waals surface area (Å²) in [6, 6.07) is 6.36. The first-order valence-corrected chi connectivity index (χ1v) is 4.55. The van der Waals surface area contributed by atoms with E-state index in [0.717, 1.165) is 11.1 Å². The molecule has 2 aromatic rings. The van der Waals surface area contributed by atoms with Crippen LogP contribution in [-0.4, -0.2) is 6.61 Å². The third-order valence-corrected chi connectivity index (χ3v) is 1.98. The summed E-state index contributed by atoms with van der Waals surface area (Å²) in [6.07, 6.45) is 0. The SMILES string of the molecule is CCOCc1cc2ccc(F)cc2o1. The molecule has 2 rings (SSSR count). The van der Waals surface area contributed by atoms with Gasteiger partial charge in [-0.1, -0.05) is 0 Å². The van der Waals surface area contributed by atoms with Gasteiger partial charge < -0.3 is 9.15 Å². The molecule has 74 valence electrons. The van der Waals surface area contributed by atoms with Gasteiger partial charge >= 0.3 is 0 Å². The summed E-state index contributed by atoms with van der Waals surface area (Å²) in [4.78, 5) is 0. The van der Waals surface area contributed by atoms with Crippen molar-refractivity contribution in [2.24, 2.45) is 0 Å². The molecule has 1 heterocycles. The Hall–Kier alpha value is -1.35. The first-order chi connectivity index (χ1) is 6.79. The molecule has 3 heteroatoms. The predicted molar refractivity (Wildman–Crippen MR) is 51.5 cm³/mol. The first-order valence-electron chi connectivity index (χ1n) is 4.55. The Morgan fingerprint density at radius 3 is 3.00 bits per heavy atom. The summed E-state index contributed by atoms with van der Waals surface area (Å²) in [5, 5.41) is 0.904. The maximum Gasteiger partial charge on any atom is 0.137 e. The van der Waals surface area contributed by atoms with E-state index in [1.54, 1.807) is 6.07 Å². The number of hydrogen-bond donors (Lipinski definition) is 0. The molecular formula is C11H11FO2. The summed E-state index contributed by atoms with van der Waals surface area (Å²) < 4.78 is 23.4. The fraction of sp³-hybridized carbons (Fsp3) is 0.273. The van der Waals surface area contributed by atoms with Crippen LogP contribution in [-0.2, 0) is 11.3 Å². The molecule has 0 saturated carbocycles. The highest BCUT2D eigenvalue weighted by Crippen LogP contribution is 2.20.